The van der Waals surface area contributed by atoms with Gasteiger partial charge in [-0.25, -0.2) is 0 Å². The number of ether oxygens (including phenoxy) is 3. The van der Waals surface area contributed by atoms with Crippen LogP contribution in [0.2, 0.25) is 0 Å². The van der Waals surface area contributed by atoms with Gasteiger partial charge in [-0.05, 0) is 50.4 Å². The summed E-state index contributed by atoms with van der Waals surface area (Å²) in [6.45, 7) is 4.69. The maximum atomic E-state index is 8.59. The summed E-state index contributed by atoms with van der Waals surface area (Å²) in [6, 6.07) is 6.61. The van der Waals surface area contributed by atoms with Crippen LogP contribution >= 0.6 is 0 Å². The third-order valence-corrected chi connectivity index (χ3v) is 3.50. The zero-order chi connectivity index (χ0) is 14.9. The van der Waals surface area contributed by atoms with Crippen LogP contribution in [0.3, 0.4) is 0 Å². The van der Waals surface area contributed by atoms with E-state index in [0.29, 0.717) is 26.0 Å². The highest BCUT2D eigenvalue weighted by Gasteiger charge is 2.13. The highest BCUT2D eigenvalue weighted by atomic mass is 16.7. The van der Waals surface area contributed by atoms with Crippen molar-refractivity contribution in [1.82, 2.24) is 5.32 Å². The van der Waals surface area contributed by atoms with E-state index in [0.717, 1.165) is 37.3 Å². The number of rotatable bonds is 10. The van der Waals surface area contributed by atoms with Crippen LogP contribution < -0.4 is 14.8 Å². The maximum absolute atomic E-state index is 8.59. The second-order valence-electron chi connectivity index (χ2n) is 5.27. The first kappa shape index (κ1) is 16.1. The Morgan fingerprint density at radius 3 is 3.00 bits per heavy atom. The Hall–Kier alpha value is -1.30. The molecule has 0 fully saturated rings. The first-order valence-electron chi connectivity index (χ1n) is 7.60. The lowest BCUT2D eigenvalue weighted by molar-refractivity contribution is 0.0904. The molecule has 1 aliphatic rings. The number of hydrogen-bond donors (Lipinski definition) is 2. The Bertz CT molecular complexity index is 425. The quantitative estimate of drug-likeness (QED) is 0.644. The monoisotopic (exact) mass is 295 g/mol. The van der Waals surface area contributed by atoms with Gasteiger partial charge in [-0.3, -0.25) is 0 Å². The van der Waals surface area contributed by atoms with Gasteiger partial charge in [0.05, 0.1) is 13.2 Å². The van der Waals surface area contributed by atoms with Gasteiger partial charge in [-0.1, -0.05) is 6.07 Å². The fourth-order valence-corrected chi connectivity index (χ4v) is 2.27. The van der Waals surface area contributed by atoms with Crippen molar-refractivity contribution in [3.8, 4) is 11.5 Å². The summed E-state index contributed by atoms with van der Waals surface area (Å²) in [4.78, 5) is 0. The number of benzene rings is 1. The van der Waals surface area contributed by atoms with E-state index >= 15 is 0 Å². The molecule has 0 bridgehead atoms. The van der Waals surface area contributed by atoms with E-state index < -0.39 is 0 Å². The van der Waals surface area contributed by atoms with Crippen LogP contribution in [0.1, 0.15) is 25.3 Å². The molecule has 5 heteroatoms. The minimum atomic E-state index is 0.0966. The van der Waals surface area contributed by atoms with Gasteiger partial charge < -0.3 is 24.6 Å². The Labute approximate surface area is 126 Å². The molecule has 1 aromatic rings. The minimum absolute atomic E-state index is 0.0966. The lowest BCUT2D eigenvalue weighted by Gasteiger charge is -2.14. The van der Waals surface area contributed by atoms with E-state index in [1.165, 1.54) is 5.56 Å². The molecular formula is C16H25NO4. The molecule has 2 rings (SSSR count). The van der Waals surface area contributed by atoms with Crippen LogP contribution in [0.4, 0.5) is 0 Å². The van der Waals surface area contributed by atoms with Gasteiger partial charge >= 0.3 is 0 Å². The zero-order valence-electron chi connectivity index (χ0n) is 12.6. The van der Waals surface area contributed by atoms with Gasteiger partial charge in [0.1, 0.15) is 0 Å². The predicted molar refractivity (Wildman–Crippen MR) is 80.9 cm³/mol. The van der Waals surface area contributed by atoms with Crippen LogP contribution in [0.15, 0.2) is 18.2 Å². The van der Waals surface area contributed by atoms with E-state index in [2.05, 4.69) is 24.4 Å². The van der Waals surface area contributed by atoms with Gasteiger partial charge in [0.2, 0.25) is 6.79 Å². The molecular weight excluding hydrogens is 270 g/mol. The number of aliphatic hydroxyl groups excluding tert-OH is 1. The Morgan fingerprint density at radius 2 is 2.14 bits per heavy atom. The molecule has 0 radical (unpaired) electrons. The van der Waals surface area contributed by atoms with E-state index in [4.69, 9.17) is 19.3 Å². The lowest BCUT2D eigenvalue weighted by atomic mass is 10.1. The largest absolute Gasteiger partial charge is 0.454 e. The topological polar surface area (TPSA) is 60.0 Å². The van der Waals surface area contributed by atoms with E-state index in [1.54, 1.807) is 0 Å². The highest BCUT2D eigenvalue weighted by molar-refractivity contribution is 5.44. The summed E-state index contributed by atoms with van der Waals surface area (Å²) in [7, 11) is 0. The summed E-state index contributed by atoms with van der Waals surface area (Å²) in [5.74, 6) is 1.70. The van der Waals surface area contributed by atoms with Crippen LogP contribution in [0, 0.1) is 0 Å². The Balaban J connectivity index is 1.59. The number of aryl methyl sites for hydroxylation is 1. The molecule has 0 saturated heterocycles. The van der Waals surface area contributed by atoms with Gasteiger partial charge in [0.15, 0.2) is 11.5 Å². The van der Waals surface area contributed by atoms with Crippen LogP contribution in [0.5, 0.6) is 11.5 Å². The molecule has 5 nitrogen and oxygen atoms in total. The van der Waals surface area contributed by atoms with Crippen molar-refractivity contribution in [2.24, 2.45) is 0 Å². The molecule has 0 aliphatic carbocycles. The molecule has 1 unspecified atom stereocenters. The lowest BCUT2D eigenvalue weighted by Crippen LogP contribution is -2.28. The molecule has 0 aromatic heterocycles. The summed E-state index contributed by atoms with van der Waals surface area (Å²) in [5.41, 5.74) is 1.28. The minimum Gasteiger partial charge on any atom is -0.454 e. The van der Waals surface area contributed by atoms with Crippen molar-refractivity contribution in [2.75, 3.05) is 33.2 Å². The zero-order valence-corrected chi connectivity index (χ0v) is 12.6. The second-order valence-corrected chi connectivity index (χ2v) is 5.27. The Kier molecular flexibility index (Phi) is 6.79. The molecule has 21 heavy (non-hydrogen) atoms. The molecule has 1 aromatic carbocycles. The molecule has 1 aliphatic heterocycles. The van der Waals surface area contributed by atoms with Crippen molar-refractivity contribution in [1.29, 1.82) is 0 Å². The van der Waals surface area contributed by atoms with Crippen LogP contribution in [-0.4, -0.2) is 44.3 Å². The standard InChI is InChI=1S/C16H25NO4/c1-13(17-7-2-9-19-10-8-18)3-4-14-5-6-15-16(11-14)21-12-20-15/h5-6,11,13,17-18H,2-4,7-10,12H2,1H3. The van der Waals surface area contributed by atoms with Gasteiger partial charge in [0.25, 0.3) is 0 Å². The van der Waals surface area contributed by atoms with Gasteiger partial charge in [0, 0.05) is 12.6 Å². The first-order chi connectivity index (χ1) is 10.3. The number of nitrogens with one attached hydrogen (secondary N) is 1. The van der Waals surface area contributed by atoms with Crippen molar-refractivity contribution in [3.63, 3.8) is 0 Å². The van der Waals surface area contributed by atoms with Crippen molar-refractivity contribution >= 4 is 0 Å². The SMILES string of the molecule is CC(CCc1ccc2c(c1)OCO2)NCCCOCCO. The van der Waals surface area contributed by atoms with Crippen molar-refractivity contribution in [3.05, 3.63) is 23.8 Å². The van der Waals surface area contributed by atoms with E-state index in [1.807, 2.05) is 6.07 Å². The molecule has 1 heterocycles. The van der Waals surface area contributed by atoms with Gasteiger partial charge in [-0.2, -0.15) is 0 Å². The smallest absolute Gasteiger partial charge is 0.231 e. The molecule has 0 amide bonds. The third-order valence-electron chi connectivity index (χ3n) is 3.50. The molecule has 2 N–H and O–H groups in total. The normalized spacial score (nSPS) is 14.4. The summed E-state index contributed by atoms with van der Waals surface area (Å²) in [6.07, 6.45) is 3.07. The van der Waals surface area contributed by atoms with E-state index in [-0.39, 0.29) is 6.61 Å². The molecule has 0 spiro atoms. The number of hydrogen-bond acceptors (Lipinski definition) is 5. The average molecular weight is 295 g/mol. The maximum Gasteiger partial charge on any atom is 0.231 e. The van der Waals surface area contributed by atoms with Crippen LogP contribution in [0.25, 0.3) is 0 Å². The third kappa shape index (κ3) is 5.53. The summed E-state index contributed by atoms with van der Waals surface area (Å²) < 4.78 is 15.9. The van der Waals surface area contributed by atoms with E-state index in [9.17, 15) is 0 Å². The first-order valence-corrected chi connectivity index (χ1v) is 7.60. The predicted octanol–water partition coefficient (Wildman–Crippen LogP) is 1.72. The highest BCUT2D eigenvalue weighted by Crippen LogP contribution is 2.32. The number of fused-ring (bicyclic) bond motifs is 1. The average Bonchev–Trinajstić information content (AvgIpc) is 2.96. The molecule has 1 atom stereocenters. The van der Waals surface area contributed by atoms with Crippen LogP contribution in [-0.2, 0) is 11.2 Å². The number of aliphatic hydroxyl groups is 1. The molecule has 118 valence electrons. The Morgan fingerprint density at radius 1 is 1.29 bits per heavy atom. The fourth-order valence-electron chi connectivity index (χ4n) is 2.27. The van der Waals surface area contributed by atoms with Crippen molar-refractivity contribution < 1.29 is 19.3 Å². The molecule has 0 saturated carbocycles. The summed E-state index contributed by atoms with van der Waals surface area (Å²) in [5, 5.41) is 12.1. The van der Waals surface area contributed by atoms with Crippen molar-refractivity contribution in [2.45, 2.75) is 32.2 Å². The summed E-state index contributed by atoms with van der Waals surface area (Å²) >= 11 is 0. The second kappa shape index (κ2) is 8.87. The van der Waals surface area contributed by atoms with Gasteiger partial charge in [-0.15, -0.1) is 0 Å². The fraction of sp³-hybridized carbons (Fsp3) is 0.625.